The van der Waals surface area contributed by atoms with Crippen molar-refractivity contribution in [3.63, 3.8) is 0 Å². The summed E-state index contributed by atoms with van der Waals surface area (Å²) in [5.74, 6) is -0.411. The van der Waals surface area contributed by atoms with E-state index in [1.54, 1.807) is 49.4 Å². The van der Waals surface area contributed by atoms with Gasteiger partial charge in [0.25, 0.3) is 5.69 Å². The lowest BCUT2D eigenvalue weighted by Gasteiger charge is -2.01. The number of nitro benzene ring substituents is 1. The van der Waals surface area contributed by atoms with E-state index < -0.39 is 10.7 Å². The molecular formula is C17H12N2O3. The third-order valence-corrected chi connectivity index (χ3v) is 3.14. The van der Waals surface area contributed by atoms with Crippen LogP contribution < -0.4 is 0 Å². The van der Waals surface area contributed by atoms with Gasteiger partial charge in [0.1, 0.15) is 11.6 Å². The Morgan fingerprint density at radius 2 is 1.91 bits per heavy atom. The number of hydrogen-bond donors (Lipinski definition) is 0. The highest BCUT2D eigenvalue weighted by molar-refractivity contribution is 6.14. The normalized spacial score (nSPS) is 10.8. The monoisotopic (exact) mass is 292 g/mol. The molecule has 0 spiro atoms. The van der Waals surface area contributed by atoms with Crippen molar-refractivity contribution in [2.45, 2.75) is 6.92 Å². The molecule has 22 heavy (non-hydrogen) atoms. The molecule has 5 nitrogen and oxygen atoms in total. The molecule has 0 unspecified atom stereocenters. The molecule has 0 atom stereocenters. The van der Waals surface area contributed by atoms with Crippen molar-refractivity contribution in [3.8, 4) is 6.07 Å². The molecule has 0 amide bonds. The summed E-state index contributed by atoms with van der Waals surface area (Å²) in [6.07, 6.45) is 1.36. The van der Waals surface area contributed by atoms with E-state index in [1.807, 2.05) is 6.07 Å². The van der Waals surface area contributed by atoms with E-state index in [-0.39, 0.29) is 11.3 Å². The van der Waals surface area contributed by atoms with Crippen molar-refractivity contribution in [2.24, 2.45) is 0 Å². The number of carbonyl (C=O) groups is 1. The van der Waals surface area contributed by atoms with Crippen LogP contribution in [0.3, 0.4) is 0 Å². The smallest absolute Gasteiger partial charge is 0.272 e. The number of nitrogens with zero attached hydrogens (tertiary/aromatic N) is 2. The summed E-state index contributed by atoms with van der Waals surface area (Å²) >= 11 is 0. The maximum absolute atomic E-state index is 12.2. The van der Waals surface area contributed by atoms with Crippen molar-refractivity contribution >= 4 is 17.5 Å². The van der Waals surface area contributed by atoms with E-state index in [9.17, 15) is 20.2 Å². The van der Waals surface area contributed by atoms with Crippen molar-refractivity contribution < 1.29 is 9.72 Å². The zero-order valence-corrected chi connectivity index (χ0v) is 11.8. The maximum atomic E-state index is 12.2. The molecule has 0 saturated carbocycles. The van der Waals surface area contributed by atoms with Crippen molar-refractivity contribution in [1.29, 1.82) is 5.26 Å². The predicted molar refractivity (Wildman–Crippen MR) is 82.2 cm³/mol. The van der Waals surface area contributed by atoms with Gasteiger partial charge in [-0.05, 0) is 18.6 Å². The van der Waals surface area contributed by atoms with Crippen LogP contribution >= 0.6 is 0 Å². The Morgan fingerprint density at radius 1 is 1.23 bits per heavy atom. The van der Waals surface area contributed by atoms with Gasteiger partial charge in [-0.2, -0.15) is 5.26 Å². The van der Waals surface area contributed by atoms with E-state index >= 15 is 0 Å². The Kier molecular flexibility index (Phi) is 4.44. The summed E-state index contributed by atoms with van der Waals surface area (Å²) in [6, 6.07) is 14.9. The molecule has 0 aromatic heterocycles. The van der Waals surface area contributed by atoms with Crippen LogP contribution in [0.4, 0.5) is 5.69 Å². The lowest BCUT2D eigenvalue weighted by molar-refractivity contribution is -0.385. The molecular weight excluding hydrogens is 280 g/mol. The van der Waals surface area contributed by atoms with Gasteiger partial charge in [0, 0.05) is 17.2 Å². The lowest BCUT2D eigenvalue weighted by Crippen LogP contribution is -2.01. The van der Waals surface area contributed by atoms with Crippen LogP contribution in [0.5, 0.6) is 0 Å². The van der Waals surface area contributed by atoms with Crippen LogP contribution in [0.2, 0.25) is 0 Å². The number of Topliss-reactive ketones (excluding diaryl/α,β-unsaturated/α-hetero) is 1. The number of nitro groups is 1. The first-order valence-corrected chi connectivity index (χ1v) is 6.49. The first kappa shape index (κ1) is 15.1. The van der Waals surface area contributed by atoms with Crippen LogP contribution in [0.15, 0.2) is 54.1 Å². The van der Waals surface area contributed by atoms with E-state index in [0.717, 1.165) is 0 Å². The van der Waals surface area contributed by atoms with Gasteiger partial charge < -0.3 is 0 Å². The number of aryl methyl sites for hydroxylation is 1. The highest BCUT2D eigenvalue weighted by Crippen LogP contribution is 2.21. The summed E-state index contributed by atoms with van der Waals surface area (Å²) in [4.78, 5) is 22.7. The van der Waals surface area contributed by atoms with Crippen LogP contribution in [0, 0.1) is 28.4 Å². The fourth-order valence-electron chi connectivity index (χ4n) is 1.97. The third-order valence-electron chi connectivity index (χ3n) is 3.14. The molecule has 108 valence electrons. The Balaban J connectivity index is 2.42. The van der Waals surface area contributed by atoms with E-state index in [1.165, 1.54) is 12.1 Å². The second kappa shape index (κ2) is 6.46. The number of rotatable bonds is 4. The van der Waals surface area contributed by atoms with E-state index in [4.69, 9.17) is 0 Å². The molecule has 2 aromatic rings. The molecule has 0 aliphatic heterocycles. The molecule has 0 radical (unpaired) electrons. The summed E-state index contributed by atoms with van der Waals surface area (Å²) in [5.41, 5.74) is 1.26. The zero-order chi connectivity index (χ0) is 16.1. The number of carbonyl (C=O) groups excluding carboxylic acids is 1. The second-order valence-electron chi connectivity index (χ2n) is 4.67. The molecule has 0 heterocycles. The Labute approximate surface area is 127 Å². The molecule has 0 saturated heterocycles. The molecule has 5 heteroatoms. The lowest BCUT2D eigenvalue weighted by atomic mass is 10.0. The molecule has 0 aliphatic rings. The Bertz CT molecular complexity index is 802. The standard InChI is InChI=1S/C17H12N2O3/c1-12-7-8-13(10-16(12)19(21)22)9-15(11-18)17(20)14-5-3-2-4-6-14/h2-10H,1H3/b15-9+. The highest BCUT2D eigenvalue weighted by atomic mass is 16.6. The maximum Gasteiger partial charge on any atom is 0.272 e. The first-order valence-electron chi connectivity index (χ1n) is 6.49. The van der Waals surface area contributed by atoms with Crippen molar-refractivity contribution in [2.75, 3.05) is 0 Å². The van der Waals surface area contributed by atoms with Gasteiger partial charge in [0.05, 0.1) is 4.92 Å². The minimum Gasteiger partial charge on any atom is -0.288 e. The largest absolute Gasteiger partial charge is 0.288 e. The summed E-state index contributed by atoms with van der Waals surface area (Å²) in [7, 11) is 0. The average molecular weight is 292 g/mol. The molecule has 2 rings (SSSR count). The zero-order valence-electron chi connectivity index (χ0n) is 11.8. The fourth-order valence-corrected chi connectivity index (χ4v) is 1.97. The minimum absolute atomic E-state index is 0.0433. The fraction of sp³-hybridized carbons (Fsp3) is 0.0588. The molecule has 0 N–H and O–H groups in total. The van der Waals surface area contributed by atoms with Gasteiger partial charge >= 0.3 is 0 Å². The topological polar surface area (TPSA) is 84.0 Å². The second-order valence-corrected chi connectivity index (χ2v) is 4.67. The number of ketones is 1. The van der Waals surface area contributed by atoms with E-state index in [2.05, 4.69) is 0 Å². The first-order chi connectivity index (χ1) is 10.5. The number of allylic oxidation sites excluding steroid dienone is 1. The van der Waals surface area contributed by atoms with Gasteiger partial charge in [-0.3, -0.25) is 14.9 Å². The summed E-state index contributed by atoms with van der Waals surface area (Å²) in [6.45, 7) is 1.63. The molecule has 2 aromatic carbocycles. The minimum atomic E-state index is -0.488. The van der Waals surface area contributed by atoms with Gasteiger partial charge in [0.15, 0.2) is 0 Å². The van der Waals surface area contributed by atoms with Gasteiger partial charge in [-0.1, -0.05) is 42.5 Å². The highest BCUT2D eigenvalue weighted by Gasteiger charge is 2.14. The number of nitriles is 1. The number of hydrogen-bond acceptors (Lipinski definition) is 4. The van der Waals surface area contributed by atoms with Crippen molar-refractivity contribution in [1.82, 2.24) is 0 Å². The SMILES string of the molecule is Cc1ccc(/C=C(\C#N)C(=O)c2ccccc2)cc1[N+](=O)[O-]. The quantitative estimate of drug-likeness (QED) is 0.283. The average Bonchev–Trinajstić information content (AvgIpc) is 2.54. The van der Waals surface area contributed by atoms with Gasteiger partial charge in [-0.25, -0.2) is 0 Å². The third kappa shape index (κ3) is 3.25. The summed E-state index contributed by atoms with van der Waals surface area (Å²) in [5, 5.41) is 20.1. The van der Waals surface area contributed by atoms with E-state index in [0.29, 0.717) is 16.7 Å². The molecule has 0 bridgehead atoms. The summed E-state index contributed by atoms with van der Waals surface area (Å²) < 4.78 is 0. The van der Waals surface area contributed by atoms with Crippen molar-refractivity contribution in [3.05, 3.63) is 80.9 Å². The van der Waals surface area contributed by atoms with Crippen LogP contribution in [0.1, 0.15) is 21.5 Å². The Hall–Kier alpha value is -3.26. The van der Waals surface area contributed by atoms with Gasteiger partial charge in [0.2, 0.25) is 5.78 Å². The van der Waals surface area contributed by atoms with Crippen LogP contribution in [-0.4, -0.2) is 10.7 Å². The predicted octanol–water partition coefficient (Wildman–Crippen LogP) is 3.69. The molecule has 0 aliphatic carbocycles. The van der Waals surface area contributed by atoms with Crippen LogP contribution in [-0.2, 0) is 0 Å². The number of benzene rings is 2. The van der Waals surface area contributed by atoms with Gasteiger partial charge in [-0.15, -0.1) is 0 Å². The Morgan fingerprint density at radius 3 is 2.50 bits per heavy atom. The van der Waals surface area contributed by atoms with Crippen LogP contribution in [0.25, 0.3) is 6.08 Å². The molecule has 0 fully saturated rings.